The van der Waals surface area contributed by atoms with E-state index in [9.17, 15) is 14.4 Å². The number of nitrogens with one attached hydrogen (secondary N) is 2. The van der Waals surface area contributed by atoms with E-state index in [1.165, 1.54) is 0 Å². The van der Waals surface area contributed by atoms with Crippen molar-refractivity contribution in [3.8, 4) is 0 Å². The number of hydrogen-bond donors (Lipinski definition) is 2. The molecule has 1 aliphatic heterocycles. The number of pyridine rings is 1. The van der Waals surface area contributed by atoms with Crippen molar-refractivity contribution in [1.82, 2.24) is 20.5 Å². The van der Waals surface area contributed by atoms with E-state index in [-0.39, 0.29) is 36.6 Å². The van der Waals surface area contributed by atoms with Crippen molar-refractivity contribution in [2.75, 3.05) is 26.2 Å². The van der Waals surface area contributed by atoms with Crippen LogP contribution in [0.15, 0.2) is 48.7 Å². The molecule has 0 bridgehead atoms. The lowest BCUT2D eigenvalue weighted by molar-refractivity contribution is -0.131. The summed E-state index contributed by atoms with van der Waals surface area (Å²) in [5.41, 5.74) is 2.50. The van der Waals surface area contributed by atoms with Gasteiger partial charge in [-0.05, 0) is 42.7 Å². The summed E-state index contributed by atoms with van der Waals surface area (Å²) >= 11 is 0. The molecule has 1 aromatic heterocycles. The summed E-state index contributed by atoms with van der Waals surface area (Å²) in [5.74, 6) is 0.0276. The van der Waals surface area contributed by atoms with Gasteiger partial charge in [-0.2, -0.15) is 0 Å². The number of amides is 2. The van der Waals surface area contributed by atoms with E-state index < -0.39 is 0 Å². The van der Waals surface area contributed by atoms with Crippen LogP contribution in [0.4, 0.5) is 0 Å². The number of carbonyl (C=O) groups excluding carboxylic acids is 3. The Morgan fingerprint density at radius 1 is 1.13 bits per heavy atom. The number of nitrogens with zero attached hydrogens (tertiary/aromatic N) is 2. The van der Waals surface area contributed by atoms with Gasteiger partial charge in [0.2, 0.25) is 5.91 Å². The third-order valence-electron chi connectivity index (χ3n) is 5.54. The predicted molar refractivity (Wildman–Crippen MR) is 119 cm³/mol. The average Bonchev–Trinajstić information content (AvgIpc) is 2.83. The first kappa shape index (κ1) is 22.6. The molecular formula is C24H30N4O3. The maximum absolute atomic E-state index is 12.7. The number of carbonyl (C=O) groups is 3. The van der Waals surface area contributed by atoms with Crippen LogP contribution < -0.4 is 10.6 Å². The van der Waals surface area contributed by atoms with Gasteiger partial charge in [0.1, 0.15) is 0 Å². The lowest BCUT2D eigenvalue weighted by Gasteiger charge is -2.33. The summed E-state index contributed by atoms with van der Waals surface area (Å²) in [6, 6.07) is 13.2. The molecule has 1 saturated heterocycles. The number of rotatable bonds is 9. The summed E-state index contributed by atoms with van der Waals surface area (Å²) in [6.45, 7) is 4.05. The molecular weight excluding hydrogens is 392 g/mol. The smallest absolute Gasteiger partial charge is 0.251 e. The fraction of sp³-hybridized carbons (Fsp3) is 0.417. The molecule has 31 heavy (non-hydrogen) atoms. The van der Waals surface area contributed by atoms with Gasteiger partial charge >= 0.3 is 0 Å². The quantitative estimate of drug-likeness (QED) is 0.647. The average molecular weight is 423 g/mol. The van der Waals surface area contributed by atoms with Crippen LogP contribution in [-0.4, -0.2) is 53.7 Å². The summed E-state index contributed by atoms with van der Waals surface area (Å²) in [6.07, 6.45) is 4.05. The second-order valence-electron chi connectivity index (χ2n) is 7.80. The zero-order valence-electron chi connectivity index (χ0n) is 18.0. The van der Waals surface area contributed by atoms with Gasteiger partial charge in [-0.25, -0.2) is 0 Å². The van der Waals surface area contributed by atoms with Crippen LogP contribution >= 0.6 is 0 Å². The molecule has 0 spiro atoms. The Kier molecular flexibility index (Phi) is 8.29. The van der Waals surface area contributed by atoms with Crippen molar-refractivity contribution >= 4 is 17.6 Å². The minimum atomic E-state index is -0.244. The van der Waals surface area contributed by atoms with E-state index in [1.807, 2.05) is 41.3 Å². The maximum Gasteiger partial charge on any atom is 0.251 e. The van der Waals surface area contributed by atoms with Gasteiger partial charge in [0, 0.05) is 43.7 Å². The van der Waals surface area contributed by atoms with Crippen molar-refractivity contribution < 1.29 is 14.4 Å². The summed E-state index contributed by atoms with van der Waals surface area (Å²) < 4.78 is 0. The van der Waals surface area contributed by atoms with Gasteiger partial charge in [0.25, 0.3) is 5.91 Å². The van der Waals surface area contributed by atoms with Crippen molar-refractivity contribution in [2.24, 2.45) is 0 Å². The predicted octanol–water partition coefficient (Wildman–Crippen LogP) is 2.29. The molecule has 7 nitrogen and oxygen atoms in total. The number of piperidine rings is 1. The molecule has 0 saturated carbocycles. The first-order valence-corrected chi connectivity index (χ1v) is 10.8. The Balaban J connectivity index is 1.54. The van der Waals surface area contributed by atoms with Gasteiger partial charge in [-0.1, -0.05) is 25.1 Å². The highest BCUT2D eigenvalue weighted by molar-refractivity contribution is 5.96. The molecule has 3 rings (SSSR count). The third kappa shape index (κ3) is 6.72. The van der Waals surface area contributed by atoms with Gasteiger partial charge in [0.15, 0.2) is 5.78 Å². The lowest BCUT2D eigenvalue weighted by Crippen LogP contribution is -2.43. The Bertz CT molecular complexity index is 901. The fourth-order valence-corrected chi connectivity index (χ4v) is 3.73. The SMILES string of the molecule is CCC(=O)CNC(=O)c1cccc(C2CCCN(C(=O)CNCc3ccccn3)C2)c1. The minimum absolute atomic E-state index is 0.00240. The molecule has 2 heterocycles. The van der Waals surface area contributed by atoms with Gasteiger partial charge in [-0.3, -0.25) is 19.4 Å². The van der Waals surface area contributed by atoms with Gasteiger partial charge in [-0.15, -0.1) is 0 Å². The van der Waals surface area contributed by atoms with Crippen LogP contribution in [0.2, 0.25) is 0 Å². The number of likely N-dealkylation sites (tertiary alicyclic amines) is 1. The first-order valence-electron chi connectivity index (χ1n) is 10.8. The highest BCUT2D eigenvalue weighted by Gasteiger charge is 2.25. The second kappa shape index (κ2) is 11.4. The number of benzene rings is 1. The minimum Gasteiger partial charge on any atom is -0.345 e. The zero-order valence-corrected chi connectivity index (χ0v) is 18.0. The molecule has 0 radical (unpaired) electrons. The maximum atomic E-state index is 12.7. The Hall–Kier alpha value is -3.06. The van der Waals surface area contributed by atoms with E-state index >= 15 is 0 Å². The molecule has 1 aromatic carbocycles. The van der Waals surface area contributed by atoms with Crippen LogP contribution in [0, 0.1) is 0 Å². The zero-order chi connectivity index (χ0) is 22.1. The summed E-state index contributed by atoms with van der Waals surface area (Å²) in [5, 5.41) is 5.85. The molecule has 0 aliphatic carbocycles. The fourth-order valence-electron chi connectivity index (χ4n) is 3.73. The molecule has 1 fully saturated rings. The molecule has 7 heteroatoms. The number of hydrogen-bond acceptors (Lipinski definition) is 5. The third-order valence-corrected chi connectivity index (χ3v) is 5.54. The standard InChI is InChI=1S/C24H30N4O3/c1-2-22(29)15-27-24(31)19-8-5-7-18(13-19)20-9-6-12-28(17-20)23(30)16-25-14-21-10-3-4-11-26-21/h3-5,7-8,10-11,13,20,25H,2,6,9,12,14-17H2,1H3,(H,27,31). The molecule has 1 atom stereocenters. The number of Topliss-reactive ketones (excluding diaryl/α,β-unsaturated/α-hetero) is 1. The van der Waals surface area contributed by atoms with Crippen molar-refractivity contribution in [3.63, 3.8) is 0 Å². The van der Waals surface area contributed by atoms with Crippen LogP contribution in [-0.2, 0) is 16.1 Å². The Labute approximate surface area is 183 Å². The van der Waals surface area contributed by atoms with E-state index in [4.69, 9.17) is 0 Å². The first-order chi connectivity index (χ1) is 15.1. The summed E-state index contributed by atoms with van der Waals surface area (Å²) in [7, 11) is 0. The molecule has 2 amide bonds. The van der Waals surface area contributed by atoms with Crippen LogP contribution in [0.5, 0.6) is 0 Å². The Morgan fingerprint density at radius 3 is 2.77 bits per heavy atom. The van der Waals surface area contributed by atoms with Crippen LogP contribution in [0.25, 0.3) is 0 Å². The molecule has 1 aliphatic rings. The van der Waals surface area contributed by atoms with Gasteiger partial charge < -0.3 is 15.5 Å². The van der Waals surface area contributed by atoms with Crippen LogP contribution in [0.3, 0.4) is 0 Å². The molecule has 2 N–H and O–H groups in total. The summed E-state index contributed by atoms with van der Waals surface area (Å²) in [4.78, 5) is 42.6. The van der Waals surface area contributed by atoms with E-state index in [0.29, 0.717) is 25.1 Å². The number of aromatic nitrogens is 1. The highest BCUT2D eigenvalue weighted by Crippen LogP contribution is 2.27. The lowest BCUT2D eigenvalue weighted by atomic mass is 9.89. The van der Waals surface area contributed by atoms with Crippen LogP contribution in [0.1, 0.15) is 53.7 Å². The van der Waals surface area contributed by atoms with Gasteiger partial charge in [0.05, 0.1) is 18.8 Å². The van der Waals surface area contributed by atoms with E-state index in [1.54, 1.807) is 19.2 Å². The second-order valence-corrected chi connectivity index (χ2v) is 7.80. The van der Waals surface area contributed by atoms with Crippen molar-refractivity contribution in [2.45, 2.75) is 38.6 Å². The largest absolute Gasteiger partial charge is 0.345 e. The van der Waals surface area contributed by atoms with Crippen molar-refractivity contribution in [3.05, 3.63) is 65.5 Å². The van der Waals surface area contributed by atoms with E-state index in [2.05, 4.69) is 15.6 Å². The van der Waals surface area contributed by atoms with E-state index in [0.717, 1.165) is 30.6 Å². The number of ketones is 1. The monoisotopic (exact) mass is 422 g/mol. The molecule has 2 aromatic rings. The van der Waals surface area contributed by atoms with Crippen molar-refractivity contribution in [1.29, 1.82) is 0 Å². The highest BCUT2D eigenvalue weighted by atomic mass is 16.2. The molecule has 164 valence electrons. The normalized spacial score (nSPS) is 16.0. The Morgan fingerprint density at radius 2 is 2.00 bits per heavy atom. The molecule has 1 unspecified atom stereocenters. The topological polar surface area (TPSA) is 91.4 Å².